The number of rotatable bonds is 4. The van der Waals surface area contributed by atoms with Gasteiger partial charge in [0.15, 0.2) is 0 Å². The van der Waals surface area contributed by atoms with E-state index >= 15 is 0 Å². The number of aromatic nitrogens is 1. The van der Waals surface area contributed by atoms with Gasteiger partial charge in [-0.1, -0.05) is 52.8 Å². The van der Waals surface area contributed by atoms with Gasteiger partial charge in [0, 0.05) is 11.7 Å². The molecule has 2 amide bonds. The van der Waals surface area contributed by atoms with E-state index in [9.17, 15) is 9.59 Å². The zero-order valence-corrected chi connectivity index (χ0v) is 17.7. The van der Waals surface area contributed by atoms with Crippen LogP contribution in [0.5, 0.6) is 0 Å². The second-order valence-electron chi connectivity index (χ2n) is 6.96. The molecule has 1 aromatic heterocycles. The molecule has 0 radical (unpaired) electrons. The van der Waals surface area contributed by atoms with E-state index in [1.54, 1.807) is 0 Å². The Kier molecular flexibility index (Phi) is 8.99. The van der Waals surface area contributed by atoms with Crippen LogP contribution in [-0.4, -0.2) is 29.4 Å². The van der Waals surface area contributed by atoms with Crippen LogP contribution < -0.4 is 10.6 Å². The fourth-order valence-corrected chi connectivity index (χ4v) is 3.84. The van der Waals surface area contributed by atoms with Gasteiger partial charge >= 0.3 is 0 Å². The van der Waals surface area contributed by atoms with Gasteiger partial charge in [-0.25, -0.2) is 0 Å². The predicted octanol–water partition coefficient (Wildman–Crippen LogP) is 4.06. The number of carbonyl (C=O) groups is 2. The molecule has 3 atom stereocenters. The van der Waals surface area contributed by atoms with Gasteiger partial charge in [-0.3, -0.25) is 9.59 Å². The highest BCUT2D eigenvalue weighted by Gasteiger charge is 2.28. The second-order valence-corrected chi connectivity index (χ2v) is 7.37. The summed E-state index contributed by atoms with van der Waals surface area (Å²) in [7, 11) is 0. The van der Waals surface area contributed by atoms with E-state index in [4.69, 9.17) is 12.2 Å². The standard InChI is InChI=1S/C18H27N3O2S.C2H6/c1-10-6-5-7-14(13(10)4)21-15(22)9-19-17(23)16-11(2)8-12(3)20-18(16)24;1-2/h8,10,13-14H,5-7,9H2,1-4H3,(H,19,23)(H,20,24)(H,21,22);1-2H3. The summed E-state index contributed by atoms with van der Waals surface area (Å²) >= 11 is 5.23. The molecule has 1 aliphatic rings. The minimum atomic E-state index is -0.311. The van der Waals surface area contributed by atoms with Gasteiger partial charge in [0.1, 0.15) is 4.64 Å². The van der Waals surface area contributed by atoms with Crippen molar-refractivity contribution in [3.63, 3.8) is 0 Å². The zero-order valence-electron chi connectivity index (χ0n) is 16.9. The van der Waals surface area contributed by atoms with Gasteiger partial charge in [0.05, 0.1) is 12.1 Å². The number of H-pyrrole nitrogens is 1. The van der Waals surface area contributed by atoms with Gasteiger partial charge in [0.25, 0.3) is 5.91 Å². The molecule has 5 nitrogen and oxygen atoms in total. The Morgan fingerprint density at radius 2 is 1.88 bits per heavy atom. The monoisotopic (exact) mass is 379 g/mol. The molecule has 26 heavy (non-hydrogen) atoms. The van der Waals surface area contributed by atoms with Gasteiger partial charge in [-0.05, 0) is 43.7 Å². The maximum Gasteiger partial charge on any atom is 0.254 e. The molecular formula is C20H33N3O2S. The minimum absolute atomic E-state index is 0.0292. The average Bonchev–Trinajstić information content (AvgIpc) is 2.58. The van der Waals surface area contributed by atoms with Crippen molar-refractivity contribution in [3.8, 4) is 0 Å². The van der Waals surface area contributed by atoms with Crippen molar-refractivity contribution in [2.75, 3.05) is 6.54 Å². The van der Waals surface area contributed by atoms with Crippen molar-refractivity contribution in [2.24, 2.45) is 11.8 Å². The van der Waals surface area contributed by atoms with E-state index in [0.29, 0.717) is 22.0 Å². The first-order valence-electron chi connectivity index (χ1n) is 9.57. The molecule has 0 spiro atoms. The van der Waals surface area contributed by atoms with E-state index in [1.165, 1.54) is 6.42 Å². The summed E-state index contributed by atoms with van der Waals surface area (Å²) in [5.41, 5.74) is 2.15. The second kappa shape index (κ2) is 10.5. The Morgan fingerprint density at radius 3 is 2.50 bits per heavy atom. The number of hydrogen-bond donors (Lipinski definition) is 3. The first-order chi connectivity index (χ1) is 12.3. The van der Waals surface area contributed by atoms with E-state index in [0.717, 1.165) is 24.1 Å². The van der Waals surface area contributed by atoms with Crippen LogP contribution in [0, 0.1) is 30.3 Å². The fourth-order valence-electron chi connectivity index (χ4n) is 3.43. The largest absolute Gasteiger partial charge is 0.352 e. The number of hydrogen-bond acceptors (Lipinski definition) is 3. The molecule has 0 aliphatic heterocycles. The smallest absolute Gasteiger partial charge is 0.254 e. The lowest BCUT2D eigenvalue weighted by Crippen LogP contribution is -2.47. The van der Waals surface area contributed by atoms with Gasteiger partial charge in [0.2, 0.25) is 5.91 Å². The number of aromatic amines is 1. The number of aryl methyl sites for hydroxylation is 2. The molecule has 3 unspecified atom stereocenters. The normalized spacial score (nSPS) is 22.0. The summed E-state index contributed by atoms with van der Waals surface area (Å²) in [6.45, 7) is 12.1. The van der Waals surface area contributed by atoms with E-state index < -0.39 is 0 Å². The third-order valence-electron chi connectivity index (χ3n) is 5.05. The quantitative estimate of drug-likeness (QED) is 0.691. The Balaban J connectivity index is 0.00000163. The van der Waals surface area contributed by atoms with Crippen LogP contribution in [0.1, 0.15) is 68.6 Å². The zero-order chi connectivity index (χ0) is 19.9. The molecule has 146 valence electrons. The Hall–Kier alpha value is -1.69. The molecule has 6 heteroatoms. The number of nitrogens with one attached hydrogen (secondary N) is 3. The summed E-state index contributed by atoms with van der Waals surface area (Å²) in [6.07, 6.45) is 3.36. The first kappa shape index (κ1) is 22.4. The molecular weight excluding hydrogens is 346 g/mol. The van der Waals surface area contributed by atoms with Crippen molar-refractivity contribution >= 4 is 24.0 Å². The fraction of sp³-hybridized carbons (Fsp3) is 0.650. The maximum atomic E-state index is 12.3. The summed E-state index contributed by atoms with van der Waals surface area (Å²) in [5, 5.41) is 5.73. The lowest BCUT2D eigenvalue weighted by atomic mass is 9.78. The van der Waals surface area contributed by atoms with Crippen LogP contribution in [0.25, 0.3) is 0 Å². The van der Waals surface area contributed by atoms with Crippen LogP contribution in [-0.2, 0) is 4.79 Å². The van der Waals surface area contributed by atoms with Crippen molar-refractivity contribution < 1.29 is 9.59 Å². The third kappa shape index (κ3) is 5.94. The highest BCUT2D eigenvalue weighted by atomic mass is 32.1. The highest BCUT2D eigenvalue weighted by molar-refractivity contribution is 7.71. The summed E-state index contributed by atoms with van der Waals surface area (Å²) in [5.74, 6) is 0.627. The minimum Gasteiger partial charge on any atom is -0.352 e. The van der Waals surface area contributed by atoms with Crippen molar-refractivity contribution in [3.05, 3.63) is 27.5 Å². The van der Waals surface area contributed by atoms with Crippen molar-refractivity contribution in [1.29, 1.82) is 0 Å². The molecule has 1 saturated carbocycles. The topological polar surface area (TPSA) is 74.0 Å². The van der Waals surface area contributed by atoms with Crippen LogP contribution in [0.3, 0.4) is 0 Å². The molecule has 0 aromatic carbocycles. The number of amides is 2. The Morgan fingerprint density at radius 1 is 1.23 bits per heavy atom. The van der Waals surface area contributed by atoms with Crippen LogP contribution in [0.4, 0.5) is 0 Å². The predicted molar refractivity (Wildman–Crippen MR) is 109 cm³/mol. The van der Waals surface area contributed by atoms with Crippen LogP contribution in [0.15, 0.2) is 6.07 Å². The first-order valence-corrected chi connectivity index (χ1v) is 9.98. The van der Waals surface area contributed by atoms with Crippen LogP contribution in [0.2, 0.25) is 0 Å². The number of carbonyl (C=O) groups excluding carboxylic acids is 2. The molecule has 0 bridgehead atoms. The van der Waals surface area contributed by atoms with E-state index in [2.05, 4.69) is 29.5 Å². The summed E-state index contributed by atoms with van der Waals surface area (Å²) in [6, 6.07) is 2.07. The summed E-state index contributed by atoms with van der Waals surface area (Å²) in [4.78, 5) is 27.5. The highest BCUT2D eigenvalue weighted by Crippen LogP contribution is 2.29. The number of pyridine rings is 1. The molecule has 3 N–H and O–H groups in total. The molecule has 1 aromatic rings. The van der Waals surface area contributed by atoms with Crippen LogP contribution >= 0.6 is 12.2 Å². The van der Waals surface area contributed by atoms with E-state index in [1.807, 2.05) is 33.8 Å². The Bertz CT molecular complexity index is 684. The molecule has 1 heterocycles. The average molecular weight is 380 g/mol. The molecule has 0 saturated heterocycles. The molecule has 1 aliphatic carbocycles. The third-order valence-corrected chi connectivity index (χ3v) is 5.36. The Labute approximate surface area is 162 Å². The van der Waals surface area contributed by atoms with Gasteiger partial charge < -0.3 is 15.6 Å². The van der Waals surface area contributed by atoms with E-state index in [-0.39, 0.29) is 24.4 Å². The van der Waals surface area contributed by atoms with Gasteiger partial charge in [-0.2, -0.15) is 0 Å². The van der Waals surface area contributed by atoms with Crippen molar-refractivity contribution in [1.82, 2.24) is 15.6 Å². The molecule has 1 fully saturated rings. The molecule has 2 rings (SSSR count). The maximum absolute atomic E-state index is 12.3. The summed E-state index contributed by atoms with van der Waals surface area (Å²) < 4.78 is 0.403. The SMILES string of the molecule is CC.Cc1cc(C)c(C(=O)NCC(=O)NC2CCCC(C)C2C)c(=S)[nH]1. The lowest BCUT2D eigenvalue weighted by molar-refractivity contribution is -0.121. The lowest BCUT2D eigenvalue weighted by Gasteiger charge is -2.34. The van der Waals surface area contributed by atoms with Crippen molar-refractivity contribution in [2.45, 2.75) is 66.8 Å². The van der Waals surface area contributed by atoms with Gasteiger partial charge in [-0.15, -0.1) is 0 Å².